The average molecular weight is 763 g/mol. The van der Waals surface area contributed by atoms with Crippen LogP contribution in [0.15, 0.2) is 68.5 Å². The summed E-state index contributed by atoms with van der Waals surface area (Å²) >= 11 is 2.68. The third kappa shape index (κ3) is 8.89. The predicted molar refractivity (Wildman–Crippen MR) is 199 cm³/mol. The van der Waals surface area contributed by atoms with Gasteiger partial charge in [0, 0.05) is 30.3 Å². The van der Waals surface area contributed by atoms with Crippen molar-refractivity contribution >= 4 is 46.9 Å². The molecule has 0 spiro atoms. The zero-order chi connectivity index (χ0) is 37.8. The molecule has 2 aliphatic heterocycles. The van der Waals surface area contributed by atoms with Gasteiger partial charge in [-0.1, -0.05) is 25.0 Å². The van der Waals surface area contributed by atoms with Crippen LogP contribution in [0.25, 0.3) is 11.1 Å². The van der Waals surface area contributed by atoms with Gasteiger partial charge in [0.15, 0.2) is 10.9 Å². The largest absolute Gasteiger partial charge is 0.466 e. The maximum absolute atomic E-state index is 14.6. The van der Waals surface area contributed by atoms with Gasteiger partial charge in [-0.3, -0.25) is 19.2 Å². The van der Waals surface area contributed by atoms with Gasteiger partial charge >= 0.3 is 12.1 Å². The predicted octanol–water partition coefficient (Wildman–Crippen LogP) is 6.00. The van der Waals surface area contributed by atoms with Crippen molar-refractivity contribution in [1.82, 2.24) is 30.0 Å². The summed E-state index contributed by atoms with van der Waals surface area (Å²) in [6, 6.07) is 0.960. The van der Waals surface area contributed by atoms with E-state index in [1.807, 2.05) is 22.9 Å². The lowest BCUT2D eigenvalue weighted by Crippen LogP contribution is -2.52. The van der Waals surface area contributed by atoms with Crippen molar-refractivity contribution < 1.29 is 28.7 Å². The van der Waals surface area contributed by atoms with Crippen LogP contribution in [-0.2, 0) is 23.9 Å². The number of fused-ring (bicyclic) bond motifs is 2. The first kappa shape index (κ1) is 38.4. The van der Waals surface area contributed by atoms with E-state index in [1.54, 1.807) is 52.4 Å². The Bertz CT molecular complexity index is 1890. The third-order valence-corrected chi connectivity index (χ3v) is 11.4. The summed E-state index contributed by atoms with van der Waals surface area (Å²) < 4.78 is 12.4. The molecule has 282 valence electrons. The monoisotopic (exact) mass is 762 g/mol. The summed E-state index contributed by atoms with van der Waals surface area (Å²) in [7, 11) is 0. The van der Waals surface area contributed by atoms with Gasteiger partial charge in [0.25, 0.3) is 5.56 Å². The Labute approximate surface area is 316 Å². The van der Waals surface area contributed by atoms with Crippen molar-refractivity contribution in [2.45, 2.75) is 113 Å². The van der Waals surface area contributed by atoms with Crippen LogP contribution >= 0.6 is 23.1 Å². The molecule has 2 fully saturated rings. The molecule has 0 bridgehead atoms. The van der Waals surface area contributed by atoms with Crippen LogP contribution < -0.4 is 10.9 Å². The number of amides is 2. The van der Waals surface area contributed by atoms with E-state index in [0.717, 1.165) is 19.3 Å². The number of esters is 1. The summed E-state index contributed by atoms with van der Waals surface area (Å²) in [6.45, 7) is 7.16. The van der Waals surface area contributed by atoms with E-state index < -0.39 is 47.1 Å². The average Bonchev–Trinajstić information content (AvgIpc) is 3.40. The summed E-state index contributed by atoms with van der Waals surface area (Å²) in [5.41, 5.74) is -1.05. The second-order valence-electron chi connectivity index (χ2n) is 14.8. The summed E-state index contributed by atoms with van der Waals surface area (Å²) in [5.74, 6) is -1.30. The minimum atomic E-state index is -1.01. The fourth-order valence-electron chi connectivity index (χ4n) is 7.19. The van der Waals surface area contributed by atoms with Crippen molar-refractivity contribution in [2.75, 3.05) is 13.2 Å². The summed E-state index contributed by atoms with van der Waals surface area (Å²) in [6.07, 6.45) is 12.1. The van der Waals surface area contributed by atoms with Gasteiger partial charge < -0.3 is 19.7 Å². The first-order chi connectivity index (χ1) is 25.4. The molecule has 53 heavy (non-hydrogen) atoms. The van der Waals surface area contributed by atoms with Crippen LogP contribution in [0.1, 0.15) is 85.1 Å². The van der Waals surface area contributed by atoms with E-state index in [1.165, 1.54) is 32.7 Å². The number of carbonyl (C=O) groups excluding carboxylic acids is 4. The molecule has 6 rings (SSSR count). The number of allylic oxidation sites excluding steroid dienone is 2. The van der Waals surface area contributed by atoms with Gasteiger partial charge in [0.2, 0.25) is 5.91 Å². The molecule has 3 aliphatic rings. The number of carbonyl (C=O) groups is 4. The lowest BCUT2D eigenvalue weighted by Gasteiger charge is -2.30. The number of hydrogen-bond acceptors (Lipinski definition) is 12. The highest BCUT2D eigenvalue weighted by atomic mass is 32.2. The minimum absolute atomic E-state index is 0.00173. The fourth-order valence-corrected chi connectivity index (χ4v) is 8.67. The number of aromatic nitrogens is 4. The number of nitrogens with zero attached hydrogens (tertiary/aromatic N) is 5. The summed E-state index contributed by atoms with van der Waals surface area (Å²) in [5, 5.41) is 11.6. The molecule has 15 heteroatoms. The standard InChI is InChI=1S/C38H46N6O7S2/c1-5-50-34(48)38-19-25(38)12-9-7-6-8-10-13-27(42-36(49)51-37(2,3)4)32(46)43-22-26(18-28(43)29(45)20-38)44-33(47)31(24-14-17-52-23-24)30(21-41-44)53-35-39-15-11-16-40-35/h9,11-12,14-17,21,23,25-28H,5-8,10,13,18-20,22H2,1-4H3,(H,42,49)/b12-9-/t25-,26-,27+,28+,38-/m1/s1. The molecule has 0 unspecified atom stereocenters. The molecule has 3 aromatic rings. The number of alkyl carbamates (subject to hydrolysis) is 1. The first-order valence-electron chi connectivity index (χ1n) is 18.2. The Hall–Kier alpha value is -4.37. The molecule has 5 atom stereocenters. The van der Waals surface area contributed by atoms with Crippen LogP contribution in [0, 0.1) is 11.3 Å². The molecule has 0 radical (unpaired) electrons. The Morgan fingerprint density at radius 1 is 1.13 bits per heavy atom. The number of ketones is 1. The first-order valence-corrected chi connectivity index (χ1v) is 19.9. The van der Waals surface area contributed by atoms with Crippen molar-refractivity contribution in [2.24, 2.45) is 11.3 Å². The maximum atomic E-state index is 14.6. The second kappa shape index (κ2) is 16.3. The Balaban J connectivity index is 1.37. The highest BCUT2D eigenvalue weighted by Crippen LogP contribution is 2.57. The van der Waals surface area contributed by atoms with Crippen LogP contribution in [0.2, 0.25) is 0 Å². The van der Waals surface area contributed by atoms with Crippen molar-refractivity contribution in [3.05, 3.63) is 64.0 Å². The van der Waals surface area contributed by atoms with Crippen LogP contribution in [0.5, 0.6) is 0 Å². The van der Waals surface area contributed by atoms with Crippen molar-refractivity contribution in [3.8, 4) is 11.1 Å². The van der Waals surface area contributed by atoms with E-state index in [0.29, 0.717) is 40.4 Å². The van der Waals surface area contributed by atoms with E-state index in [-0.39, 0.29) is 43.3 Å². The number of hydrogen-bond donors (Lipinski definition) is 1. The van der Waals surface area contributed by atoms with Gasteiger partial charge in [-0.25, -0.2) is 19.4 Å². The van der Waals surface area contributed by atoms with Crippen LogP contribution in [0.3, 0.4) is 0 Å². The SMILES string of the molecule is CCOC(=O)[C@]12CC(=O)[C@@H]3C[C@@H](n4ncc(Sc5ncccn5)c(-c5ccsc5)c4=O)CN3C(=O)[C@@H](NC(=O)OC(C)(C)C)CCCCC/C=C\[C@@H]1C2. The maximum Gasteiger partial charge on any atom is 0.408 e. The summed E-state index contributed by atoms with van der Waals surface area (Å²) in [4.78, 5) is 80.5. The number of thiophene rings is 1. The quantitative estimate of drug-likeness (QED) is 0.171. The second-order valence-corrected chi connectivity index (χ2v) is 16.6. The molecule has 1 aliphatic carbocycles. The van der Waals surface area contributed by atoms with E-state index in [2.05, 4.69) is 26.5 Å². The molecule has 1 saturated heterocycles. The zero-order valence-electron chi connectivity index (χ0n) is 30.5. The molecular weight excluding hydrogens is 717 g/mol. The minimum Gasteiger partial charge on any atom is -0.466 e. The molecule has 0 aromatic carbocycles. The lowest BCUT2D eigenvalue weighted by molar-refractivity contribution is -0.152. The van der Waals surface area contributed by atoms with Crippen LogP contribution in [-0.4, -0.2) is 79.2 Å². The molecule has 3 aromatic heterocycles. The van der Waals surface area contributed by atoms with Gasteiger partial charge in [-0.05, 0) is 106 Å². The fraction of sp³-hybridized carbons (Fsp3) is 0.526. The van der Waals surface area contributed by atoms with E-state index in [4.69, 9.17) is 9.47 Å². The Kier molecular flexibility index (Phi) is 11.8. The Morgan fingerprint density at radius 2 is 1.92 bits per heavy atom. The smallest absolute Gasteiger partial charge is 0.408 e. The lowest BCUT2D eigenvalue weighted by atomic mass is 9.91. The Morgan fingerprint density at radius 3 is 2.64 bits per heavy atom. The molecule has 1 N–H and O–H groups in total. The highest BCUT2D eigenvalue weighted by molar-refractivity contribution is 7.99. The highest BCUT2D eigenvalue weighted by Gasteiger charge is 2.61. The van der Waals surface area contributed by atoms with Crippen LogP contribution in [0.4, 0.5) is 4.79 Å². The van der Waals surface area contributed by atoms with E-state index >= 15 is 0 Å². The molecular formula is C38H46N6O7S2. The molecule has 5 heterocycles. The molecule has 2 amide bonds. The normalized spacial score (nSPS) is 25.7. The number of nitrogens with one attached hydrogen (secondary N) is 1. The van der Waals surface area contributed by atoms with Crippen molar-refractivity contribution in [3.63, 3.8) is 0 Å². The van der Waals surface area contributed by atoms with E-state index in [9.17, 15) is 24.0 Å². The van der Waals surface area contributed by atoms with Gasteiger partial charge in [0.05, 0.1) is 35.9 Å². The van der Waals surface area contributed by atoms with Crippen molar-refractivity contribution in [1.29, 1.82) is 0 Å². The molecule has 1 saturated carbocycles. The third-order valence-electron chi connectivity index (χ3n) is 9.83. The van der Waals surface area contributed by atoms with Gasteiger partial charge in [-0.15, -0.1) is 0 Å². The number of ether oxygens (including phenoxy) is 2. The topological polar surface area (TPSA) is 163 Å². The zero-order valence-corrected chi connectivity index (χ0v) is 32.1. The number of rotatable bonds is 7. The molecule has 13 nitrogen and oxygen atoms in total. The van der Waals surface area contributed by atoms with Gasteiger partial charge in [0.1, 0.15) is 11.6 Å². The van der Waals surface area contributed by atoms with Gasteiger partial charge in [-0.2, -0.15) is 16.4 Å². The number of Topliss-reactive ketones (excluding diaryl/α,β-unsaturated/α-hetero) is 1.